The Morgan fingerprint density at radius 2 is 2.15 bits per heavy atom. The molecule has 0 aliphatic carbocycles. The van der Waals surface area contributed by atoms with Crippen molar-refractivity contribution in [3.8, 4) is 0 Å². The van der Waals surface area contributed by atoms with Gasteiger partial charge in [0, 0.05) is 24.5 Å². The second-order valence-corrected chi connectivity index (χ2v) is 4.90. The highest BCUT2D eigenvalue weighted by Crippen LogP contribution is 2.29. The van der Waals surface area contributed by atoms with Gasteiger partial charge in [0.2, 0.25) is 0 Å². The zero-order chi connectivity index (χ0) is 14.5. The summed E-state index contributed by atoms with van der Waals surface area (Å²) in [5.74, 6) is -0.548. The third-order valence-electron chi connectivity index (χ3n) is 2.62. The highest BCUT2D eigenvalue weighted by molar-refractivity contribution is 6.44. The first-order valence-corrected chi connectivity index (χ1v) is 6.64. The molecule has 1 aromatic heterocycles. The van der Waals surface area contributed by atoms with Crippen LogP contribution < -0.4 is 5.73 Å². The lowest BCUT2D eigenvalue weighted by Crippen LogP contribution is -2.09. The second-order valence-electron chi connectivity index (χ2n) is 4.11. The van der Waals surface area contributed by atoms with Gasteiger partial charge in [-0.1, -0.05) is 29.3 Å². The minimum atomic E-state index is -0.548. The van der Waals surface area contributed by atoms with E-state index in [1.54, 1.807) is 12.4 Å². The number of carbonyl (C=O) groups excluding carboxylic acids is 1. The van der Waals surface area contributed by atoms with E-state index in [2.05, 4.69) is 4.98 Å². The zero-order valence-corrected chi connectivity index (χ0v) is 12.0. The fraction of sp³-hybridized carbons (Fsp3) is 0.143. The largest absolute Gasteiger partial charge is 0.462 e. The van der Waals surface area contributed by atoms with Crippen LogP contribution in [0.4, 0.5) is 5.69 Å². The Hall–Kier alpha value is -1.78. The van der Waals surface area contributed by atoms with Crippen LogP contribution in [0.15, 0.2) is 36.7 Å². The molecule has 0 saturated heterocycles. The Morgan fingerprint density at radius 1 is 1.35 bits per heavy atom. The number of rotatable bonds is 4. The minimum absolute atomic E-state index is 0.146. The molecule has 6 heteroatoms. The number of halogens is 2. The van der Waals surface area contributed by atoms with E-state index in [0.29, 0.717) is 12.1 Å². The first kappa shape index (κ1) is 14.6. The molecule has 1 heterocycles. The van der Waals surface area contributed by atoms with E-state index in [0.717, 1.165) is 5.56 Å². The standard InChI is InChI=1S/C14H12Cl2N2O2/c15-12-7-10(17)6-11(13(12)16)14(19)20-5-3-9-2-1-4-18-8-9/h1-2,4,6-8H,3,5,17H2. The normalized spacial score (nSPS) is 10.3. The van der Waals surface area contributed by atoms with Crippen molar-refractivity contribution < 1.29 is 9.53 Å². The summed E-state index contributed by atoms with van der Waals surface area (Å²) in [7, 11) is 0. The van der Waals surface area contributed by atoms with Gasteiger partial charge in [-0.2, -0.15) is 0 Å². The maximum Gasteiger partial charge on any atom is 0.339 e. The predicted molar refractivity (Wildman–Crippen MR) is 79.1 cm³/mol. The van der Waals surface area contributed by atoms with Crippen LogP contribution in [-0.2, 0) is 11.2 Å². The van der Waals surface area contributed by atoms with Gasteiger partial charge in [0.15, 0.2) is 0 Å². The molecule has 0 radical (unpaired) electrons. The minimum Gasteiger partial charge on any atom is -0.462 e. The van der Waals surface area contributed by atoms with E-state index in [9.17, 15) is 4.79 Å². The maximum atomic E-state index is 11.9. The van der Waals surface area contributed by atoms with Gasteiger partial charge in [-0.15, -0.1) is 0 Å². The average molecular weight is 311 g/mol. The average Bonchev–Trinajstić information content (AvgIpc) is 2.44. The summed E-state index contributed by atoms with van der Waals surface area (Å²) in [5, 5.41) is 0.373. The van der Waals surface area contributed by atoms with Crippen molar-refractivity contribution in [1.82, 2.24) is 4.98 Å². The fourth-order valence-corrected chi connectivity index (χ4v) is 2.06. The molecule has 0 amide bonds. The third-order valence-corrected chi connectivity index (χ3v) is 3.42. The van der Waals surface area contributed by atoms with Crippen molar-refractivity contribution in [3.05, 3.63) is 57.8 Å². The lowest BCUT2D eigenvalue weighted by molar-refractivity contribution is 0.0509. The summed E-state index contributed by atoms with van der Waals surface area (Å²) >= 11 is 11.8. The lowest BCUT2D eigenvalue weighted by Gasteiger charge is -2.08. The zero-order valence-electron chi connectivity index (χ0n) is 10.5. The van der Waals surface area contributed by atoms with Gasteiger partial charge in [-0.3, -0.25) is 4.98 Å². The van der Waals surface area contributed by atoms with Crippen LogP contribution in [0.2, 0.25) is 10.0 Å². The quantitative estimate of drug-likeness (QED) is 0.694. The third kappa shape index (κ3) is 3.62. The predicted octanol–water partition coefficient (Wildman–Crippen LogP) is 3.37. The van der Waals surface area contributed by atoms with Crippen molar-refractivity contribution >= 4 is 34.9 Å². The van der Waals surface area contributed by atoms with E-state index in [1.807, 2.05) is 12.1 Å². The number of esters is 1. The first-order chi connectivity index (χ1) is 9.58. The van der Waals surface area contributed by atoms with Gasteiger partial charge in [0.25, 0.3) is 0 Å². The van der Waals surface area contributed by atoms with Crippen LogP contribution in [0.3, 0.4) is 0 Å². The number of carbonyl (C=O) groups is 1. The molecule has 0 saturated carbocycles. The molecule has 2 rings (SSSR count). The molecule has 4 nitrogen and oxygen atoms in total. The molecular formula is C14H12Cl2N2O2. The number of nitrogens with two attached hydrogens (primary N) is 1. The molecule has 20 heavy (non-hydrogen) atoms. The van der Waals surface area contributed by atoms with Gasteiger partial charge >= 0.3 is 5.97 Å². The molecule has 0 aliphatic heterocycles. The number of ether oxygens (including phenoxy) is 1. The van der Waals surface area contributed by atoms with Crippen LogP contribution in [0, 0.1) is 0 Å². The molecular weight excluding hydrogens is 299 g/mol. The molecule has 1 aromatic carbocycles. The Morgan fingerprint density at radius 3 is 2.85 bits per heavy atom. The lowest BCUT2D eigenvalue weighted by atomic mass is 10.2. The fourth-order valence-electron chi connectivity index (χ4n) is 1.64. The number of aromatic nitrogens is 1. The summed E-state index contributed by atoms with van der Waals surface area (Å²) in [6, 6.07) is 6.66. The molecule has 0 bridgehead atoms. The molecule has 0 spiro atoms. The summed E-state index contributed by atoms with van der Waals surface area (Å²) < 4.78 is 5.16. The molecule has 0 aliphatic rings. The smallest absolute Gasteiger partial charge is 0.339 e. The van der Waals surface area contributed by atoms with Gasteiger partial charge in [0.1, 0.15) is 0 Å². The van der Waals surface area contributed by atoms with Crippen molar-refractivity contribution in [2.75, 3.05) is 12.3 Å². The summed E-state index contributed by atoms with van der Waals surface area (Å²) in [5.41, 5.74) is 7.14. The van der Waals surface area contributed by atoms with Crippen LogP contribution in [0.25, 0.3) is 0 Å². The van der Waals surface area contributed by atoms with E-state index in [1.165, 1.54) is 12.1 Å². The Bertz CT molecular complexity index is 618. The number of pyridine rings is 1. The Labute approximate surface area is 126 Å². The van der Waals surface area contributed by atoms with E-state index >= 15 is 0 Å². The summed E-state index contributed by atoms with van der Waals surface area (Å²) in [6.45, 7) is 0.229. The Balaban J connectivity index is 1.99. The summed E-state index contributed by atoms with van der Waals surface area (Å²) in [4.78, 5) is 15.9. The first-order valence-electron chi connectivity index (χ1n) is 5.88. The van der Waals surface area contributed by atoms with Crippen molar-refractivity contribution in [2.24, 2.45) is 0 Å². The number of benzene rings is 1. The highest BCUT2D eigenvalue weighted by atomic mass is 35.5. The van der Waals surface area contributed by atoms with Crippen LogP contribution in [-0.4, -0.2) is 17.6 Å². The monoisotopic (exact) mass is 310 g/mol. The number of nitrogen functional groups attached to an aromatic ring is 1. The van der Waals surface area contributed by atoms with Crippen molar-refractivity contribution in [3.63, 3.8) is 0 Å². The van der Waals surface area contributed by atoms with E-state index in [-0.39, 0.29) is 22.2 Å². The van der Waals surface area contributed by atoms with Gasteiger partial charge in [0.05, 0.1) is 22.2 Å². The van der Waals surface area contributed by atoms with Crippen LogP contribution >= 0.6 is 23.2 Å². The molecule has 2 aromatic rings. The van der Waals surface area contributed by atoms with Crippen molar-refractivity contribution in [2.45, 2.75) is 6.42 Å². The number of nitrogens with zero attached hydrogens (tertiary/aromatic N) is 1. The highest BCUT2D eigenvalue weighted by Gasteiger charge is 2.15. The van der Waals surface area contributed by atoms with Crippen LogP contribution in [0.1, 0.15) is 15.9 Å². The molecule has 0 fully saturated rings. The topological polar surface area (TPSA) is 65.2 Å². The van der Waals surface area contributed by atoms with E-state index in [4.69, 9.17) is 33.7 Å². The van der Waals surface area contributed by atoms with Gasteiger partial charge < -0.3 is 10.5 Å². The van der Waals surface area contributed by atoms with Crippen molar-refractivity contribution in [1.29, 1.82) is 0 Å². The number of anilines is 1. The summed E-state index contributed by atoms with van der Waals surface area (Å²) in [6.07, 6.45) is 3.98. The van der Waals surface area contributed by atoms with Crippen LogP contribution in [0.5, 0.6) is 0 Å². The van der Waals surface area contributed by atoms with Gasteiger partial charge in [-0.05, 0) is 23.8 Å². The molecule has 104 valence electrons. The van der Waals surface area contributed by atoms with Gasteiger partial charge in [-0.25, -0.2) is 4.79 Å². The second kappa shape index (κ2) is 6.59. The SMILES string of the molecule is Nc1cc(Cl)c(Cl)c(C(=O)OCCc2cccnc2)c1. The molecule has 0 unspecified atom stereocenters. The number of hydrogen-bond acceptors (Lipinski definition) is 4. The number of hydrogen-bond donors (Lipinski definition) is 1. The molecule has 2 N–H and O–H groups in total. The maximum absolute atomic E-state index is 11.9. The molecule has 0 atom stereocenters. The van der Waals surface area contributed by atoms with E-state index < -0.39 is 5.97 Å². The Kier molecular flexibility index (Phi) is 4.82.